The highest BCUT2D eigenvalue weighted by Crippen LogP contribution is 2.30. The topological polar surface area (TPSA) is 89.7 Å². The maximum atomic E-state index is 12.8. The van der Waals surface area contributed by atoms with E-state index in [0.29, 0.717) is 34.0 Å². The first kappa shape index (κ1) is 19.4. The van der Waals surface area contributed by atoms with Crippen molar-refractivity contribution in [2.24, 2.45) is 0 Å². The van der Waals surface area contributed by atoms with Crippen LogP contribution in [0.25, 0.3) is 0 Å². The number of methoxy groups -OCH3 is 3. The van der Waals surface area contributed by atoms with Crippen LogP contribution < -0.4 is 14.8 Å². The Morgan fingerprint density at radius 3 is 2.31 bits per heavy atom. The average molecular weight is 360 g/mol. The molecule has 140 valence electrons. The Morgan fingerprint density at radius 1 is 1.08 bits per heavy atom. The standard InChI is InChI=1S/C19H24N2O5/c1-10-16(19(23)26-6)11(2)21-17(10)18(22)12(3)20-13-7-8-14(24-4)15(9-13)25-5/h7-9,12,20-21H,1-6H3/t12-/m0/s1. The number of aromatic amines is 1. The van der Waals surface area contributed by atoms with Gasteiger partial charge in [0.1, 0.15) is 0 Å². The molecule has 1 atom stereocenters. The van der Waals surface area contributed by atoms with Crippen LogP contribution >= 0.6 is 0 Å². The van der Waals surface area contributed by atoms with E-state index in [2.05, 4.69) is 10.3 Å². The number of hydrogen-bond acceptors (Lipinski definition) is 6. The van der Waals surface area contributed by atoms with Crippen LogP contribution in [0.3, 0.4) is 0 Å². The molecule has 7 heteroatoms. The summed E-state index contributed by atoms with van der Waals surface area (Å²) < 4.78 is 15.3. The fraction of sp³-hybridized carbons (Fsp3) is 0.368. The summed E-state index contributed by atoms with van der Waals surface area (Å²) in [6, 6.07) is 4.81. The largest absolute Gasteiger partial charge is 0.493 e. The van der Waals surface area contributed by atoms with Gasteiger partial charge in [-0.25, -0.2) is 4.79 Å². The highest BCUT2D eigenvalue weighted by Gasteiger charge is 2.25. The minimum atomic E-state index is -0.518. The van der Waals surface area contributed by atoms with Crippen molar-refractivity contribution in [3.05, 3.63) is 40.7 Å². The number of Topliss-reactive ketones (excluding diaryl/α,β-unsaturated/α-hetero) is 1. The molecule has 0 unspecified atom stereocenters. The lowest BCUT2D eigenvalue weighted by Crippen LogP contribution is -2.27. The van der Waals surface area contributed by atoms with Crippen molar-refractivity contribution in [1.82, 2.24) is 4.98 Å². The predicted molar refractivity (Wildman–Crippen MR) is 98.6 cm³/mol. The molecule has 0 fully saturated rings. The third-order valence-electron chi connectivity index (χ3n) is 4.23. The number of carbonyl (C=O) groups excluding carboxylic acids is 2. The van der Waals surface area contributed by atoms with E-state index in [0.717, 1.165) is 5.69 Å². The number of aryl methyl sites for hydroxylation is 1. The molecule has 0 amide bonds. The SMILES string of the molecule is COC(=O)c1c(C)[nH]c(C(=O)[C@H](C)Nc2ccc(OC)c(OC)c2)c1C. The van der Waals surface area contributed by atoms with Crippen LogP contribution in [-0.2, 0) is 4.74 Å². The lowest BCUT2D eigenvalue weighted by Gasteiger charge is -2.16. The molecule has 2 rings (SSSR count). The van der Waals surface area contributed by atoms with Gasteiger partial charge in [-0.2, -0.15) is 0 Å². The Bertz CT molecular complexity index is 826. The molecule has 2 aromatic rings. The molecule has 0 aliphatic heterocycles. The highest BCUT2D eigenvalue weighted by molar-refractivity contribution is 6.04. The second-order valence-electron chi connectivity index (χ2n) is 5.92. The summed E-state index contributed by atoms with van der Waals surface area (Å²) in [5.41, 5.74) is 2.70. The average Bonchev–Trinajstić information content (AvgIpc) is 2.94. The van der Waals surface area contributed by atoms with Gasteiger partial charge in [0.2, 0.25) is 5.78 Å². The Kier molecular flexibility index (Phi) is 5.92. The number of benzene rings is 1. The molecule has 1 heterocycles. The van der Waals surface area contributed by atoms with Crippen LogP contribution in [0.15, 0.2) is 18.2 Å². The van der Waals surface area contributed by atoms with E-state index in [9.17, 15) is 9.59 Å². The minimum absolute atomic E-state index is 0.157. The van der Waals surface area contributed by atoms with Gasteiger partial charge in [-0.05, 0) is 38.5 Å². The Balaban J connectivity index is 2.24. The van der Waals surface area contributed by atoms with Gasteiger partial charge in [0, 0.05) is 17.4 Å². The summed E-state index contributed by atoms with van der Waals surface area (Å²) in [6.07, 6.45) is 0. The molecule has 26 heavy (non-hydrogen) atoms. The van der Waals surface area contributed by atoms with Crippen molar-refractivity contribution in [2.45, 2.75) is 26.8 Å². The monoisotopic (exact) mass is 360 g/mol. The normalized spacial score (nSPS) is 11.6. The molecule has 0 saturated carbocycles. The number of carbonyl (C=O) groups is 2. The first-order chi connectivity index (χ1) is 12.3. The number of aromatic nitrogens is 1. The van der Waals surface area contributed by atoms with E-state index in [1.165, 1.54) is 7.11 Å². The lowest BCUT2D eigenvalue weighted by molar-refractivity contribution is 0.0599. The van der Waals surface area contributed by atoms with E-state index in [4.69, 9.17) is 14.2 Å². The highest BCUT2D eigenvalue weighted by atomic mass is 16.5. The Morgan fingerprint density at radius 2 is 1.73 bits per heavy atom. The number of nitrogens with one attached hydrogen (secondary N) is 2. The molecule has 1 aromatic heterocycles. The second kappa shape index (κ2) is 7.95. The second-order valence-corrected chi connectivity index (χ2v) is 5.92. The summed E-state index contributed by atoms with van der Waals surface area (Å²) in [4.78, 5) is 27.7. The van der Waals surface area contributed by atoms with Gasteiger partial charge in [0.25, 0.3) is 0 Å². The Labute approximate surface area is 152 Å². The van der Waals surface area contributed by atoms with Crippen LogP contribution in [0.5, 0.6) is 11.5 Å². The number of H-pyrrole nitrogens is 1. The first-order valence-electron chi connectivity index (χ1n) is 8.14. The van der Waals surface area contributed by atoms with Gasteiger partial charge in [-0.1, -0.05) is 0 Å². The van der Waals surface area contributed by atoms with Crippen molar-refractivity contribution in [2.75, 3.05) is 26.6 Å². The van der Waals surface area contributed by atoms with Crippen LogP contribution in [-0.4, -0.2) is 44.1 Å². The zero-order valence-electron chi connectivity index (χ0n) is 15.9. The number of ether oxygens (including phenoxy) is 3. The third kappa shape index (κ3) is 3.66. The first-order valence-corrected chi connectivity index (χ1v) is 8.14. The van der Waals surface area contributed by atoms with E-state index >= 15 is 0 Å². The molecule has 0 spiro atoms. The van der Waals surface area contributed by atoms with Crippen molar-refractivity contribution in [3.63, 3.8) is 0 Å². The van der Waals surface area contributed by atoms with Crippen molar-refractivity contribution >= 4 is 17.4 Å². The molecule has 1 aromatic carbocycles. The van der Waals surface area contributed by atoms with Gasteiger partial charge >= 0.3 is 5.97 Å². The summed E-state index contributed by atoms with van der Waals surface area (Å²) in [7, 11) is 4.43. The zero-order valence-corrected chi connectivity index (χ0v) is 15.9. The van der Waals surface area contributed by atoms with E-state index < -0.39 is 12.0 Å². The van der Waals surface area contributed by atoms with E-state index in [-0.39, 0.29) is 5.78 Å². The number of esters is 1. The summed E-state index contributed by atoms with van der Waals surface area (Å²) in [5.74, 6) is 0.555. The van der Waals surface area contributed by atoms with Crippen molar-refractivity contribution in [1.29, 1.82) is 0 Å². The molecule has 2 N–H and O–H groups in total. The van der Waals surface area contributed by atoms with E-state index in [1.54, 1.807) is 53.2 Å². The van der Waals surface area contributed by atoms with Crippen molar-refractivity contribution < 1.29 is 23.8 Å². The fourth-order valence-electron chi connectivity index (χ4n) is 2.86. The van der Waals surface area contributed by atoms with Gasteiger partial charge in [-0.15, -0.1) is 0 Å². The summed E-state index contributed by atoms with van der Waals surface area (Å²) >= 11 is 0. The van der Waals surface area contributed by atoms with Gasteiger partial charge in [0.05, 0.1) is 38.6 Å². The summed E-state index contributed by atoms with van der Waals surface area (Å²) in [5, 5.41) is 3.14. The van der Waals surface area contributed by atoms with Crippen LogP contribution in [0, 0.1) is 13.8 Å². The van der Waals surface area contributed by atoms with Crippen LogP contribution in [0.4, 0.5) is 5.69 Å². The lowest BCUT2D eigenvalue weighted by atomic mass is 10.0. The minimum Gasteiger partial charge on any atom is -0.493 e. The maximum Gasteiger partial charge on any atom is 0.339 e. The number of hydrogen-bond donors (Lipinski definition) is 2. The third-order valence-corrected chi connectivity index (χ3v) is 4.23. The predicted octanol–water partition coefficient (Wildman–Crippen LogP) is 3.12. The Hall–Kier alpha value is -2.96. The number of rotatable bonds is 7. The molecule has 0 aliphatic carbocycles. The molecular formula is C19H24N2O5. The number of anilines is 1. The van der Waals surface area contributed by atoms with Gasteiger partial charge < -0.3 is 24.5 Å². The maximum absolute atomic E-state index is 12.8. The zero-order chi connectivity index (χ0) is 19.4. The van der Waals surface area contributed by atoms with Crippen molar-refractivity contribution in [3.8, 4) is 11.5 Å². The van der Waals surface area contributed by atoms with Gasteiger partial charge in [-0.3, -0.25) is 4.79 Å². The molecule has 0 saturated heterocycles. The summed E-state index contributed by atoms with van der Waals surface area (Å²) in [6.45, 7) is 5.22. The quantitative estimate of drug-likeness (QED) is 0.582. The fourth-order valence-corrected chi connectivity index (χ4v) is 2.86. The smallest absolute Gasteiger partial charge is 0.339 e. The molecule has 0 aliphatic rings. The molecule has 7 nitrogen and oxygen atoms in total. The molecule has 0 radical (unpaired) electrons. The van der Waals surface area contributed by atoms with Crippen LogP contribution in [0.1, 0.15) is 39.0 Å². The van der Waals surface area contributed by atoms with Gasteiger partial charge in [0.15, 0.2) is 11.5 Å². The van der Waals surface area contributed by atoms with Crippen LogP contribution in [0.2, 0.25) is 0 Å². The van der Waals surface area contributed by atoms with E-state index in [1.807, 2.05) is 0 Å². The molecule has 0 bridgehead atoms. The molecular weight excluding hydrogens is 336 g/mol. The number of ketones is 1.